The second kappa shape index (κ2) is 3.82. The van der Waals surface area contributed by atoms with Crippen LogP contribution in [0.15, 0.2) is 18.2 Å². The van der Waals surface area contributed by atoms with E-state index in [1.807, 2.05) is 7.05 Å². The smallest absolute Gasteiger partial charge is 0.112 e. The summed E-state index contributed by atoms with van der Waals surface area (Å²) in [4.78, 5) is 4.82. The monoisotopic (exact) mass is 243 g/mol. The van der Waals surface area contributed by atoms with Gasteiger partial charge in [-0.3, -0.25) is 0 Å². The fourth-order valence-electron chi connectivity index (χ4n) is 2.46. The molecule has 0 atom stereocenters. The Bertz CT molecular complexity index is 591. The summed E-state index contributed by atoms with van der Waals surface area (Å²) < 4.78 is 2.25. The van der Waals surface area contributed by atoms with E-state index >= 15 is 0 Å². The van der Waals surface area contributed by atoms with Crippen LogP contribution in [-0.2, 0) is 12.6 Å². The van der Waals surface area contributed by atoms with Crippen molar-refractivity contribution >= 4 is 11.0 Å². The van der Waals surface area contributed by atoms with E-state index in [2.05, 4.69) is 49.0 Å². The molecule has 2 aromatic rings. The molecular formula is C15H21N3. The number of benzene rings is 1. The molecule has 3 heteroatoms. The number of rotatable bonds is 3. The quantitative estimate of drug-likeness (QED) is 0.898. The summed E-state index contributed by atoms with van der Waals surface area (Å²) >= 11 is 0. The molecule has 3 nitrogen and oxygen atoms in total. The predicted molar refractivity (Wildman–Crippen MR) is 74.8 cm³/mol. The molecule has 1 heterocycles. The second-order valence-electron chi connectivity index (χ2n) is 5.88. The fraction of sp³-hybridized carbons (Fsp3) is 0.533. The molecule has 1 aliphatic rings. The van der Waals surface area contributed by atoms with Crippen LogP contribution < -0.4 is 5.32 Å². The molecular weight excluding hydrogens is 222 g/mol. The van der Waals surface area contributed by atoms with Crippen molar-refractivity contribution in [2.24, 2.45) is 7.05 Å². The number of aromatic nitrogens is 2. The average molecular weight is 243 g/mol. The zero-order chi connectivity index (χ0) is 12.9. The minimum absolute atomic E-state index is 0.00848. The molecule has 0 radical (unpaired) electrons. The third-order valence-electron chi connectivity index (χ3n) is 4.20. The summed E-state index contributed by atoms with van der Waals surface area (Å²) in [6, 6.07) is 6.62. The van der Waals surface area contributed by atoms with E-state index in [-0.39, 0.29) is 5.54 Å². The molecule has 0 amide bonds. The summed E-state index contributed by atoms with van der Waals surface area (Å²) in [5, 5.41) is 3.34. The molecule has 0 bridgehead atoms. The van der Waals surface area contributed by atoms with Gasteiger partial charge in [-0.15, -0.1) is 0 Å². The molecule has 96 valence electrons. The van der Waals surface area contributed by atoms with E-state index in [1.165, 1.54) is 29.7 Å². The van der Waals surface area contributed by atoms with Crippen molar-refractivity contribution < 1.29 is 0 Å². The van der Waals surface area contributed by atoms with Gasteiger partial charge < -0.3 is 9.88 Å². The zero-order valence-corrected chi connectivity index (χ0v) is 11.6. The van der Waals surface area contributed by atoms with Crippen molar-refractivity contribution in [2.45, 2.75) is 38.1 Å². The molecule has 3 rings (SSSR count). The van der Waals surface area contributed by atoms with Crippen molar-refractivity contribution in [3.05, 3.63) is 29.6 Å². The van der Waals surface area contributed by atoms with Crippen LogP contribution in [0.5, 0.6) is 0 Å². The Balaban J connectivity index is 2.12. The lowest BCUT2D eigenvalue weighted by molar-refractivity contribution is 0.445. The standard InChI is InChI=1S/C15H21N3/c1-15(2,16-3)11-7-8-13-12(9-11)17-14(18(13)4)10-5-6-10/h7-10,16H,5-6H2,1-4H3. The van der Waals surface area contributed by atoms with Crippen LogP contribution in [0, 0.1) is 0 Å². The van der Waals surface area contributed by atoms with Crippen molar-refractivity contribution in [2.75, 3.05) is 7.05 Å². The molecule has 0 saturated heterocycles. The summed E-state index contributed by atoms with van der Waals surface area (Å²) in [6.07, 6.45) is 2.60. The average Bonchev–Trinajstić information content (AvgIpc) is 3.15. The van der Waals surface area contributed by atoms with Crippen LogP contribution >= 0.6 is 0 Å². The molecule has 1 aromatic heterocycles. The van der Waals surface area contributed by atoms with Gasteiger partial charge in [0, 0.05) is 18.5 Å². The van der Waals surface area contributed by atoms with Gasteiger partial charge in [-0.2, -0.15) is 0 Å². The fourth-order valence-corrected chi connectivity index (χ4v) is 2.46. The van der Waals surface area contributed by atoms with Crippen molar-refractivity contribution in [3.63, 3.8) is 0 Å². The Kier molecular flexibility index (Phi) is 2.49. The first-order valence-electron chi connectivity index (χ1n) is 6.68. The number of fused-ring (bicyclic) bond motifs is 1. The Morgan fingerprint density at radius 2 is 2.06 bits per heavy atom. The van der Waals surface area contributed by atoms with E-state index in [4.69, 9.17) is 4.98 Å². The van der Waals surface area contributed by atoms with Crippen LogP contribution in [0.4, 0.5) is 0 Å². The highest BCUT2D eigenvalue weighted by molar-refractivity contribution is 5.77. The maximum Gasteiger partial charge on any atom is 0.112 e. The molecule has 1 fully saturated rings. The van der Waals surface area contributed by atoms with Crippen molar-refractivity contribution in [3.8, 4) is 0 Å². The number of aryl methyl sites for hydroxylation is 1. The molecule has 18 heavy (non-hydrogen) atoms. The Morgan fingerprint density at radius 3 is 2.67 bits per heavy atom. The molecule has 0 aliphatic heterocycles. The largest absolute Gasteiger partial charge is 0.331 e. The highest BCUT2D eigenvalue weighted by Gasteiger charge is 2.29. The SMILES string of the molecule is CNC(C)(C)c1ccc2c(c1)nc(C1CC1)n2C. The highest BCUT2D eigenvalue weighted by atomic mass is 15.1. The minimum Gasteiger partial charge on any atom is -0.331 e. The molecule has 0 spiro atoms. The first kappa shape index (κ1) is 11.7. The molecule has 1 saturated carbocycles. The minimum atomic E-state index is -0.00848. The zero-order valence-electron chi connectivity index (χ0n) is 11.6. The van der Waals surface area contributed by atoms with Crippen LogP contribution in [0.3, 0.4) is 0 Å². The molecule has 1 aromatic carbocycles. The lowest BCUT2D eigenvalue weighted by atomic mass is 9.94. The van der Waals surface area contributed by atoms with Crippen LogP contribution in [0.25, 0.3) is 11.0 Å². The van der Waals surface area contributed by atoms with Crippen LogP contribution in [0.2, 0.25) is 0 Å². The van der Waals surface area contributed by atoms with Gasteiger partial charge in [-0.1, -0.05) is 6.07 Å². The Hall–Kier alpha value is -1.35. The summed E-state index contributed by atoms with van der Waals surface area (Å²) in [7, 11) is 4.13. The normalized spacial score (nSPS) is 16.4. The van der Waals surface area contributed by atoms with E-state index in [0.29, 0.717) is 5.92 Å². The summed E-state index contributed by atoms with van der Waals surface area (Å²) in [5.41, 5.74) is 3.65. The van der Waals surface area contributed by atoms with Gasteiger partial charge in [0.1, 0.15) is 5.82 Å². The number of hydrogen-bond donors (Lipinski definition) is 1. The van der Waals surface area contributed by atoms with E-state index in [1.54, 1.807) is 0 Å². The van der Waals surface area contributed by atoms with E-state index < -0.39 is 0 Å². The van der Waals surface area contributed by atoms with E-state index in [9.17, 15) is 0 Å². The van der Waals surface area contributed by atoms with Crippen molar-refractivity contribution in [1.29, 1.82) is 0 Å². The van der Waals surface area contributed by atoms with Crippen molar-refractivity contribution in [1.82, 2.24) is 14.9 Å². The Morgan fingerprint density at radius 1 is 1.33 bits per heavy atom. The number of imidazole rings is 1. The third kappa shape index (κ3) is 1.74. The maximum absolute atomic E-state index is 4.82. The van der Waals surface area contributed by atoms with Gasteiger partial charge in [0.15, 0.2) is 0 Å². The number of hydrogen-bond acceptors (Lipinski definition) is 2. The van der Waals surface area contributed by atoms with Gasteiger partial charge in [0.25, 0.3) is 0 Å². The number of nitrogens with zero attached hydrogens (tertiary/aromatic N) is 2. The van der Waals surface area contributed by atoms with Gasteiger partial charge in [0.05, 0.1) is 11.0 Å². The van der Waals surface area contributed by atoms with Gasteiger partial charge in [0.2, 0.25) is 0 Å². The maximum atomic E-state index is 4.82. The van der Waals surface area contributed by atoms with Gasteiger partial charge >= 0.3 is 0 Å². The first-order valence-corrected chi connectivity index (χ1v) is 6.68. The molecule has 0 unspecified atom stereocenters. The van der Waals surface area contributed by atoms with Gasteiger partial charge in [-0.05, 0) is 51.4 Å². The molecule has 1 N–H and O–H groups in total. The predicted octanol–water partition coefficient (Wildman–Crippen LogP) is 2.91. The number of nitrogens with one attached hydrogen (secondary N) is 1. The lowest BCUT2D eigenvalue weighted by Crippen LogP contribution is -2.32. The van der Waals surface area contributed by atoms with Gasteiger partial charge in [-0.25, -0.2) is 4.98 Å². The topological polar surface area (TPSA) is 29.9 Å². The first-order chi connectivity index (χ1) is 8.53. The van der Waals surface area contributed by atoms with Crippen LogP contribution in [-0.4, -0.2) is 16.6 Å². The van der Waals surface area contributed by atoms with E-state index in [0.717, 1.165) is 5.52 Å². The molecule has 1 aliphatic carbocycles. The summed E-state index contributed by atoms with van der Waals surface area (Å²) in [5.74, 6) is 1.95. The second-order valence-corrected chi connectivity index (χ2v) is 5.88. The van der Waals surface area contributed by atoms with Crippen LogP contribution in [0.1, 0.15) is 44.0 Å². The third-order valence-corrected chi connectivity index (χ3v) is 4.20. The highest BCUT2D eigenvalue weighted by Crippen LogP contribution is 2.40. The lowest BCUT2D eigenvalue weighted by Gasteiger charge is -2.24. The summed E-state index contributed by atoms with van der Waals surface area (Å²) in [6.45, 7) is 4.39. The Labute approximate surface area is 108 Å².